The van der Waals surface area contributed by atoms with Crippen molar-refractivity contribution in [1.29, 1.82) is 0 Å². The maximum Gasteiger partial charge on any atom is 0.306 e. The predicted octanol–water partition coefficient (Wildman–Crippen LogP) is 1.83. The summed E-state index contributed by atoms with van der Waals surface area (Å²) in [5.74, 6) is -1.38. The van der Waals surface area contributed by atoms with Crippen molar-refractivity contribution in [1.82, 2.24) is 10.3 Å². The molecule has 2 N–H and O–H groups in total. The number of hydrogen-bond acceptors (Lipinski definition) is 3. The van der Waals surface area contributed by atoms with E-state index in [1.165, 1.54) is 0 Å². The van der Waals surface area contributed by atoms with Gasteiger partial charge in [0, 0.05) is 6.04 Å². The lowest BCUT2D eigenvalue weighted by Crippen LogP contribution is -2.33. The summed E-state index contributed by atoms with van der Waals surface area (Å²) in [5.41, 5.74) is 0.336. The van der Waals surface area contributed by atoms with Crippen LogP contribution in [-0.4, -0.2) is 28.0 Å². The summed E-state index contributed by atoms with van der Waals surface area (Å²) >= 11 is 3.20. The van der Waals surface area contributed by atoms with Crippen LogP contribution < -0.4 is 5.32 Å². The van der Waals surface area contributed by atoms with Crippen molar-refractivity contribution in [3.63, 3.8) is 0 Å². The molecule has 1 aliphatic carbocycles. The van der Waals surface area contributed by atoms with Crippen LogP contribution in [0.5, 0.6) is 0 Å². The van der Waals surface area contributed by atoms with Crippen molar-refractivity contribution in [3.8, 4) is 0 Å². The Morgan fingerprint density at radius 3 is 2.78 bits per heavy atom. The van der Waals surface area contributed by atoms with Crippen LogP contribution in [0.2, 0.25) is 0 Å². The first-order chi connectivity index (χ1) is 8.56. The summed E-state index contributed by atoms with van der Waals surface area (Å²) in [4.78, 5) is 26.8. The molecule has 1 aromatic rings. The highest BCUT2D eigenvalue weighted by Gasteiger charge is 2.30. The van der Waals surface area contributed by atoms with E-state index in [2.05, 4.69) is 26.2 Å². The van der Waals surface area contributed by atoms with Gasteiger partial charge in [0.2, 0.25) is 0 Å². The van der Waals surface area contributed by atoms with Gasteiger partial charge >= 0.3 is 5.97 Å². The summed E-state index contributed by atoms with van der Waals surface area (Å²) in [6.07, 6.45) is 1.82. The van der Waals surface area contributed by atoms with Crippen LogP contribution in [0, 0.1) is 5.92 Å². The largest absolute Gasteiger partial charge is 0.481 e. The van der Waals surface area contributed by atoms with E-state index < -0.39 is 5.97 Å². The van der Waals surface area contributed by atoms with Crippen molar-refractivity contribution in [2.24, 2.45) is 5.92 Å². The van der Waals surface area contributed by atoms with Crippen molar-refractivity contribution in [3.05, 3.63) is 28.5 Å². The van der Waals surface area contributed by atoms with Gasteiger partial charge in [-0.2, -0.15) is 0 Å². The second-order valence-corrected chi connectivity index (χ2v) is 5.18. The van der Waals surface area contributed by atoms with E-state index in [1.807, 2.05) is 0 Å². The number of aromatic nitrogens is 1. The number of halogens is 1. The van der Waals surface area contributed by atoms with Crippen molar-refractivity contribution < 1.29 is 14.7 Å². The molecule has 1 saturated carbocycles. The third kappa shape index (κ3) is 3.07. The van der Waals surface area contributed by atoms with E-state index in [0.29, 0.717) is 29.6 Å². The first kappa shape index (κ1) is 13.0. The molecule has 1 aromatic heterocycles. The molecular formula is C12H13BrN2O3. The number of rotatable bonds is 3. The molecule has 0 saturated heterocycles. The number of amides is 1. The van der Waals surface area contributed by atoms with Gasteiger partial charge in [-0.15, -0.1) is 0 Å². The molecule has 1 amide bonds. The smallest absolute Gasteiger partial charge is 0.306 e. The fourth-order valence-corrected chi connectivity index (χ4v) is 2.47. The van der Waals surface area contributed by atoms with Gasteiger partial charge in [-0.3, -0.25) is 9.59 Å². The van der Waals surface area contributed by atoms with Crippen molar-refractivity contribution in [2.75, 3.05) is 0 Å². The average molecular weight is 313 g/mol. The quantitative estimate of drug-likeness (QED) is 0.834. The topological polar surface area (TPSA) is 79.3 Å². The lowest BCUT2D eigenvalue weighted by atomic mass is 10.1. The van der Waals surface area contributed by atoms with Gasteiger partial charge in [0.25, 0.3) is 5.91 Å². The van der Waals surface area contributed by atoms with Gasteiger partial charge in [-0.05, 0) is 47.3 Å². The van der Waals surface area contributed by atoms with E-state index in [1.54, 1.807) is 18.2 Å². The number of carbonyl (C=O) groups is 2. The number of aliphatic carboxylic acids is 1. The zero-order valence-electron chi connectivity index (χ0n) is 9.60. The fraction of sp³-hybridized carbons (Fsp3) is 0.417. The molecule has 1 aliphatic rings. The predicted molar refractivity (Wildman–Crippen MR) is 68.2 cm³/mol. The van der Waals surface area contributed by atoms with Gasteiger partial charge in [-0.1, -0.05) is 6.07 Å². The molecule has 2 atom stereocenters. The zero-order valence-corrected chi connectivity index (χ0v) is 11.2. The molecule has 0 aromatic carbocycles. The molecule has 96 valence electrons. The van der Waals surface area contributed by atoms with E-state index in [-0.39, 0.29) is 17.9 Å². The highest BCUT2D eigenvalue weighted by atomic mass is 79.9. The molecule has 0 unspecified atom stereocenters. The Labute approximate surface area is 113 Å². The number of carbonyl (C=O) groups excluding carboxylic acids is 1. The van der Waals surface area contributed by atoms with Crippen LogP contribution in [0.15, 0.2) is 22.8 Å². The number of hydrogen-bond donors (Lipinski definition) is 2. The van der Waals surface area contributed by atoms with E-state index in [4.69, 9.17) is 5.11 Å². The molecule has 0 radical (unpaired) electrons. The molecule has 0 bridgehead atoms. The third-order valence-corrected chi connectivity index (χ3v) is 3.51. The average Bonchev–Trinajstić information content (AvgIpc) is 2.77. The minimum absolute atomic E-state index is 0.0700. The van der Waals surface area contributed by atoms with Crippen LogP contribution in [-0.2, 0) is 4.79 Å². The van der Waals surface area contributed by atoms with Gasteiger partial charge in [-0.25, -0.2) is 4.98 Å². The number of nitrogens with zero attached hydrogens (tertiary/aromatic N) is 1. The highest BCUT2D eigenvalue weighted by Crippen LogP contribution is 2.25. The Morgan fingerprint density at radius 1 is 1.39 bits per heavy atom. The summed E-state index contributed by atoms with van der Waals surface area (Å²) in [6.45, 7) is 0. The van der Waals surface area contributed by atoms with Gasteiger partial charge in [0.1, 0.15) is 10.3 Å². The molecule has 2 rings (SSSR count). The van der Waals surface area contributed by atoms with Crippen LogP contribution in [0.1, 0.15) is 29.8 Å². The summed E-state index contributed by atoms with van der Waals surface area (Å²) < 4.78 is 0.602. The van der Waals surface area contributed by atoms with Gasteiger partial charge < -0.3 is 10.4 Å². The Kier molecular flexibility index (Phi) is 3.96. The summed E-state index contributed by atoms with van der Waals surface area (Å²) in [6, 6.07) is 5.04. The molecule has 0 aliphatic heterocycles. The number of carboxylic acids is 1. The van der Waals surface area contributed by atoms with Crippen LogP contribution in [0.25, 0.3) is 0 Å². The zero-order chi connectivity index (χ0) is 13.1. The second-order valence-electron chi connectivity index (χ2n) is 4.36. The summed E-state index contributed by atoms with van der Waals surface area (Å²) in [7, 11) is 0. The van der Waals surface area contributed by atoms with Crippen LogP contribution in [0.4, 0.5) is 0 Å². The monoisotopic (exact) mass is 312 g/mol. The van der Waals surface area contributed by atoms with E-state index in [0.717, 1.165) is 0 Å². The van der Waals surface area contributed by atoms with E-state index in [9.17, 15) is 9.59 Å². The summed E-state index contributed by atoms with van der Waals surface area (Å²) in [5, 5.41) is 11.7. The first-order valence-corrected chi connectivity index (χ1v) is 6.52. The number of pyridine rings is 1. The minimum atomic E-state index is -0.785. The normalized spacial score (nSPS) is 22.7. The standard InChI is InChI=1S/C12H13BrN2O3/c13-10-3-1-2-9(15-10)11(16)14-8-5-4-7(6-8)12(17)18/h1-3,7-8H,4-6H2,(H,14,16)(H,17,18)/t7-,8+/m1/s1. The first-order valence-electron chi connectivity index (χ1n) is 5.72. The van der Waals surface area contributed by atoms with Gasteiger partial charge in [0.15, 0.2) is 0 Å². The number of carboxylic acid groups (broad SMARTS) is 1. The molecule has 1 heterocycles. The number of nitrogens with one attached hydrogen (secondary N) is 1. The fourth-order valence-electron chi connectivity index (χ4n) is 2.13. The third-order valence-electron chi connectivity index (χ3n) is 3.06. The molecule has 0 spiro atoms. The molecular weight excluding hydrogens is 300 g/mol. The Morgan fingerprint density at radius 2 is 2.17 bits per heavy atom. The maximum atomic E-state index is 11.9. The maximum absolute atomic E-state index is 11.9. The molecule has 18 heavy (non-hydrogen) atoms. The van der Waals surface area contributed by atoms with E-state index >= 15 is 0 Å². The van der Waals surface area contributed by atoms with Crippen LogP contribution >= 0.6 is 15.9 Å². The van der Waals surface area contributed by atoms with Crippen LogP contribution in [0.3, 0.4) is 0 Å². The van der Waals surface area contributed by atoms with Gasteiger partial charge in [0.05, 0.1) is 5.92 Å². The lowest BCUT2D eigenvalue weighted by Gasteiger charge is -2.11. The SMILES string of the molecule is O=C(N[C@H]1CC[C@@H](C(=O)O)C1)c1cccc(Br)n1. The second kappa shape index (κ2) is 5.48. The molecule has 5 nitrogen and oxygen atoms in total. The minimum Gasteiger partial charge on any atom is -0.481 e. The Bertz CT molecular complexity index is 478. The Balaban J connectivity index is 1.95. The highest BCUT2D eigenvalue weighted by molar-refractivity contribution is 9.10. The Hall–Kier alpha value is -1.43. The van der Waals surface area contributed by atoms with Crippen molar-refractivity contribution >= 4 is 27.8 Å². The lowest BCUT2D eigenvalue weighted by molar-refractivity contribution is -0.141. The molecule has 6 heteroatoms. The van der Waals surface area contributed by atoms with Crippen molar-refractivity contribution in [2.45, 2.75) is 25.3 Å². The molecule has 1 fully saturated rings.